The first-order chi connectivity index (χ1) is 10.3. The van der Waals surface area contributed by atoms with Gasteiger partial charge in [0.2, 0.25) is 0 Å². The molecule has 5 heteroatoms. The van der Waals surface area contributed by atoms with E-state index < -0.39 is 0 Å². The Kier molecular flexibility index (Phi) is 3.00. The Morgan fingerprint density at radius 3 is 2.86 bits per heavy atom. The largest absolute Gasteiger partial charge is 0.398 e. The molecule has 2 aromatic heterocycles. The number of anilines is 2. The number of aromatic nitrogens is 2. The summed E-state index contributed by atoms with van der Waals surface area (Å²) in [5, 5.41) is 3.22. The van der Waals surface area contributed by atoms with Gasteiger partial charge in [-0.2, -0.15) is 0 Å². The average molecular weight is 296 g/mol. The van der Waals surface area contributed by atoms with Gasteiger partial charge in [-0.1, -0.05) is 18.2 Å². The molecule has 0 unspecified atom stereocenters. The number of hydrogen-bond donors (Lipinski definition) is 1. The first-order valence-corrected chi connectivity index (χ1v) is 7.99. The van der Waals surface area contributed by atoms with Crippen molar-refractivity contribution < 1.29 is 0 Å². The standard InChI is InChI=1S/C16H16N4S/c17-14-4-2-1-3-11(14)9-20(12-5-6-12)15-13-7-8-21-16(13)19-10-18-15/h1-4,7-8,10,12H,5-6,9,17H2. The number of benzene rings is 1. The second kappa shape index (κ2) is 5.00. The summed E-state index contributed by atoms with van der Waals surface area (Å²) < 4.78 is 0. The molecule has 106 valence electrons. The maximum absolute atomic E-state index is 6.10. The Bertz CT molecular complexity index is 779. The fraction of sp³-hybridized carbons (Fsp3) is 0.250. The van der Waals surface area contributed by atoms with Crippen LogP contribution in [0.1, 0.15) is 18.4 Å². The van der Waals surface area contributed by atoms with Gasteiger partial charge in [-0.15, -0.1) is 11.3 Å². The highest BCUT2D eigenvalue weighted by atomic mass is 32.1. The van der Waals surface area contributed by atoms with Gasteiger partial charge in [-0.25, -0.2) is 9.97 Å². The summed E-state index contributed by atoms with van der Waals surface area (Å²) in [6.07, 6.45) is 4.11. The van der Waals surface area contributed by atoms with Gasteiger partial charge in [-0.05, 0) is 35.9 Å². The minimum Gasteiger partial charge on any atom is -0.398 e. The Morgan fingerprint density at radius 1 is 1.19 bits per heavy atom. The van der Waals surface area contributed by atoms with Crippen LogP contribution in [0.3, 0.4) is 0 Å². The lowest BCUT2D eigenvalue weighted by Gasteiger charge is -2.24. The van der Waals surface area contributed by atoms with E-state index in [0.717, 1.165) is 33.8 Å². The summed E-state index contributed by atoms with van der Waals surface area (Å²) in [6.45, 7) is 0.805. The number of nitrogens with two attached hydrogens (primary N) is 1. The van der Waals surface area contributed by atoms with Crippen molar-refractivity contribution in [2.75, 3.05) is 10.6 Å². The van der Waals surface area contributed by atoms with Crippen LogP contribution in [0.25, 0.3) is 10.2 Å². The van der Waals surface area contributed by atoms with Gasteiger partial charge in [-0.3, -0.25) is 0 Å². The Hall–Kier alpha value is -2.14. The molecule has 1 aliphatic rings. The molecule has 0 saturated heterocycles. The third kappa shape index (κ3) is 2.34. The zero-order valence-corrected chi connectivity index (χ0v) is 12.4. The number of nitrogens with zero attached hydrogens (tertiary/aromatic N) is 3. The van der Waals surface area contributed by atoms with Crippen molar-refractivity contribution in [3.05, 3.63) is 47.6 Å². The van der Waals surface area contributed by atoms with E-state index in [1.807, 2.05) is 18.2 Å². The summed E-state index contributed by atoms with van der Waals surface area (Å²) in [5.74, 6) is 1.03. The Labute approximate surface area is 127 Å². The van der Waals surface area contributed by atoms with Gasteiger partial charge in [0.1, 0.15) is 17.0 Å². The number of rotatable bonds is 4. The lowest BCUT2D eigenvalue weighted by atomic mass is 10.1. The van der Waals surface area contributed by atoms with Gasteiger partial charge in [0.15, 0.2) is 0 Å². The number of nitrogen functional groups attached to an aromatic ring is 1. The van der Waals surface area contributed by atoms with E-state index in [1.54, 1.807) is 17.7 Å². The summed E-state index contributed by atoms with van der Waals surface area (Å²) >= 11 is 1.66. The van der Waals surface area contributed by atoms with E-state index in [4.69, 9.17) is 5.73 Å². The van der Waals surface area contributed by atoms with Crippen molar-refractivity contribution in [2.45, 2.75) is 25.4 Å². The number of para-hydroxylation sites is 1. The van der Waals surface area contributed by atoms with E-state index in [2.05, 4.69) is 32.4 Å². The predicted octanol–water partition coefficient (Wildman–Crippen LogP) is 3.44. The fourth-order valence-corrected chi connectivity index (χ4v) is 3.36. The first kappa shape index (κ1) is 12.6. The summed E-state index contributed by atoms with van der Waals surface area (Å²) in [7, 11) is 0. The smallest absolute Gasteiger partial charge is 0.141 e. The lowest BCUT2D eigenvalue weighted by Crippen LogP contribution is -2.26. The van der Waals surface area contributed by atoms with Gasteiger partial charge < -0.3 is 10.6 Å². The van der Waals surface area contributed by atoms with E-state index in [-0.39, 0.29) is 0 Å². The molecule has 4 nitrogen and oxygen atoms in total. The molecule has 0 aliphatic heterocycles. The topological polar surface area (TPSA) is 55.0 Å². The molecule has 0 spiro atoms. The van der Waals surface area contributed by atoms with Crippen LogP contribution in [-0.2, 0) is 6.54 Å². The van der Waals surface area contributed by atoms with Crippen LogP contribution in [-0.4, -0.2) is 16.0 Å². The predicted molar refractivity (Wildman–Crippen MR) is 87.5 cm³/mol. The van der Waals surface area contributed by atoms with Crippen molar-refractivity contribution in [1.29, 1.82) is 0 Å². The van der Waals surface area contributed by atoms with Crippen LogP contribution in [0.2, 0.25) is 0 Å². The van der Waals surface area contributed by atoms with Gasteiger partial charge in [0.25, 0.3) is 0 Å². The van der Waals surface area contributed by atoms with Crippen LogP contribution in [0.5, 0.6) is 0 Å². The zero-order valence-electron chi connectivity index (χ0n) is 11.6. The van der Waals surface area contributed by atoms with Crippen molar-refractivity contribution in [1.82, 2.24) is 9.97 Å². The molecule has 2 N–H and O–H groups in total. The molecule has 3 aromatic rings. The van der Waals surface area contributed by atoms with Crippen LogP contribution in [0.15, 0.2) is 42.0 Å². The first-order valence-electron chi connectivity index (χ1n) is 7.11. The van der Waals surface area contributed by atoms with Crippen LogP contribution in [0, 0.1) is 0 Å². The van der Waals surface area contributed by atoms with Gasteiger partial charge >= 0.3 is 0 Å². The zero-order chi connectivity index (χ0) is 14.2. The average Bonchev–Trinajstić information content (AvgIpc) is 3.22. The number of fused-ring (bicyclic) bond motifs is 1. The van der Waals surface area contributed by atoms with E-state index in [9.17, 15) is 0 Å². The lowest BCUT2D eigenvalue weighted by molar-refractivity contribution is 0.782. The molecule has 0 amide bonds. The quantitative estimate of drug-likeness (QED) is 0.749. The Morgan fingerprint density at radius 2 is 2.05 bits per heavy atom. The molecule has 4 rings (SSSR count). The van der Waals surface area contributed by atoms with Crippen LogP contribution < -0.4 is 10.6 Å². The van der Waals surface area contributed by atoms with Gasteiger partial charge in [0, 0.05) is 18.3 Å². The van der Waals surface area contributed by atoms with Crippen molar-refractivity contribution in [3.8, 4) is 0 Å². The maximum Gasteiger partial charge on any atom is 0.141 e. The minimum absolute atomic E-state index is 0.572. The highest BCUT2D eigenvalue weighted by Gasteiger charge is 2.31. The van der Waals surface area contributed by atoms with Gasteiger partial charge in [0.05, 0.1) is 5.39 Å². The third-order valence-corrected chi connectivity index (χ3v) is 4.72. The number of thiophene rings is 1. The maximum atomic E-state index is 6.10. The summed E-state index contributed by atoms with van der Waals surface area (Å²) in [5.41, 5.74) is 8.11. The van der Waals surface area contributed by atoms with E-state index in [1.165, 1.54) is 12.8 Å². The highest BCUT2D eigenvalue weighted by Crippen LogP contribution is 2.36. The molecule has 0 atom stereocenters. The molecule has 0 bridgehead atoms. The number of hydrogen-bond acceptors (Lipinski definition) is 5. The van der Waals surface area contributed by atoms with E-state index >= 15 is 0 Å². The molecule has 21 heavy (non-hydrogen) atoms. The molecule has 1 aliphatic carbocycles. The van der Waals surface area contributed by atoms with E-state index in [0.29, 0.717) is 6.04 Å². The second-order valence-corrected chi connectivity index (χ2v) is 6.29. The normalized spacial score (nSPS) is 14.5. The molecule has 2 heterocycles. The highest BCUT2D eigenvalue weighted by molar-refractivity contribution is 7.16. The third-order valence-electron chi connectivity index (χ3n) is 3.90. The molecule has 1 saturated carbocycles. The monoisotopic (exact) mass is 296 g/mol. The van der Waals surface area contributed by atoms with Crippen LogP contribution in [0.4, 0.5) is 11.5 Å². The molecular formula is C16H16N4S. The molecular weight excluding hydrogens is 280 g/mol. The van der Waals surface area contributed by atoms with Crippen molar-refractivity contribution >= 4 is 33.1 Å². The fourth-order valence-electron chi connectivity index (χ4n) is 2.63. The molecule has 1 fully saturated rings. The summed E-state index contributed by atoms with van der Waals surface area (Å²) in [6, 6.07) is 10.7. The van der Waals surface area contributed by atoms with Crippen molar-refractivity contribution in [2.24, 2.45) is 0 Å². The second-order valence-electron chi connectivity index (χ2n) is 5.39. The van der Waals surface area contributed by atoms with Crippen LogP contribution >= 0.6 is 11.3 Å². The molecule has 1 aromatic carbocycles. The van der Waals surface area contributed by atoms with Crippen molar-refractivity contribution in [3.63, 3.8) is 0 Å². The SMILES string of the molecule is Nc1ccccc1CN(c1ncnc2sccc12)C1CC1. The summed E-state index contributed by atoms with van der Waals surface area (Å²) in [4.78, 5) is 12.3. The molecule has 0 radical (unpaired) electrons. The Balaban J connectivity index is 1.75. The minimum atomic E-state index is 0.572.